The zero-order valence-electron chi connectivity index (χ0n) is 11.0. The van der Waals surface area contributed by atoms with Crippen LogP contribution in [0.4, 0.5) is 11.4 Å². The average molecular weight is 254 g/mol. The third-order valence-corrected chi connectivity index (χ3v) is 3.10. The second-order valence-corrected chi connectivity index (χ2v) is 4.53. The second kappa shape index (κ2) is 6.05. The maximum absolute atomic E-state index is 12.1. The normalized spacial score (nSPS) is 10.2. The smallest absolute Gasteiger partial charge is 0.227 e. The van der Waals surface area contributed by atoms with Crippen molar-refractivity contribution in [2.75, 3.05) is 17.7 Å². The van der Waals surface area contributed by atoms with Gasteiger partial charge in [-0.15, -0.1) is 0 Å². The van der Waals surface area contributed by atoms with Crippen LogP contribution in [-0.2, 0) is 11.2 Å². The molecule has 0 fully saturated rings. The minimum Gasteiger partial charge on any atom is -0.399 e. The summed E-state index contributed by atoms with van der Waals surface area (Å²) >= 11 is 0. The molecule has 0 aliphatic rings. The van der Waals surface area contributed by atoms with Gasteiger partial charge in [-0.2, -0.15) is 0 Å². The number of anilines is 2. The van der Waals surface area contributed by atoms with Gasteiger partial charge in [0.15, 0.2) is 0 Å². The van der Waals surface area contributed by atoms with Gasteiger partial charge in [0, 0.05) is 24.8 Å². The van der Waals surface area contributed by atoms with Crippen molar-refractivity contribution >= 4 is 17.3 Å². The Balaban J connectivity index is 1.96. The van der Waals surface area contributed by atoms with Crippen LogP contribution >= 0.6 is 0 Å². The number of nitrogens with zero attached hydrogens (tertiary/aromatic N) is 1. The number of carbonyl (C=O) groups excluding carboxylic acids is 1. The molecule has 0 aliphatic carbocycles. The Hall–Kier alpha value is -2.29. The van der Waals surface area contributed by atoms with E-state index in [9.17, 15) is 4.79 Å². The van der Waals surface area contributed by atoms with Crippen molar-refractivity contribution in [2.45, 2.75) is 12.8 Å². The molecule has 0 spiro atoms. The van der Waals surface area contributed by atoms with E-state index < -0.39 is 0 Å². The van der Waals surface area contributed by atoms with Crippen LogP contribution in [0.2, 0.25) is 0 Å². The number of benzene rings is 2. The molecule has 0 aliphatic heterocycles. The highest BCUT2D eigenvalue weighted by Gasteiger charge is 2.10. The molecule has 0 saturated heterocycles. The largest absolute Gasteiger partial charge is 0.399 e. The fourth-order valence-electron chi connectivity index (χ4n) is 1.94. The Labute approximate surface area is 113 Å². The average Bonchev–Trinajstić information content (AvgIpc) is 2.45. The summed E-state index contributed by atoms with van der Waals surface area (Å²) in [7, 11) is 1.78. The Morgan fingerprint density at radius 1 is 1.11 bits per heavy atom. The minimum absolute atomic E-state index is 0.0921. The van der Waals surface area contributed by atoms with E-state index in [1.54, 1.807) is 18.0 Å². The van der Waals surface area contributed by atoms with E-state index in [1.165, 1.54) is 5.56 Å². The third-order valence-electron chi connectivity index (χ3n) is 3.10. The van der Waals surface area contributed by atoms with Gasteiger partial charge in [0.05, 0.1) is 0 Å². The van der Waals surface area contributed by atoms with Crippen LogP contribution in [0.15, 0.2) is 54.6 Å². The lowest BCUT2D eigenvalue weighted by Crippen LogP contribution is -2.26. The van der Waals surface area contributed by atoms with Crippen LogP contribution in [0.5, 0.6) is 0 Å². The monoisotopic (exact) mass is 254 g/mol. The van der Waals surface area contributed by atoms with Crippen LogP contribution in [-0.4, -0.2) is 13.0 Å². The Morgan fingerprint density at radius 2 is 1.84 bits per heavy atom. The summed E-state index contributed by atoms with van der Waals surface area (Å²) in [5.41, 5.74) is 8.40. The Bertz CT molecular complexity index is 552. The molecule has 2 aromatic rings. The van der Waals surface area contributed by atoms with Crippen LogP contribution in [0, 0.1) is 0 Å². The van der Waals surface area contributed by atoms with Crippen LogP contribution in [0.1, 0.15) is 12.0 Å². The molecule has 3 nitrogen and oxygen atoms in total. The molecule has 2 rings (SSSR count). The molecule has 2 aromatic carbocycles. The Kier molecular flexibility index (Phi) is 4.18. The van der Waals surface area contributed by atoms with E-state index in [0.29, 0.717) is 12.1 Å². The standard InChI is InChI=1S/C16H18N2O/c1-18(15-9-5-8-14(17)12-15)16(19)11-10-13-6-3-2-4-7-13/h2-9,12H,10-11,17H2,1H3. The first-order valence-corrected chi connectivity index (χ1v) is 6.33. The third kappa shape index (κ3) is 3.58. The van der Waals surface area contributed by atoms with Gasteiger partial charge < -0.3 is 10.6 Å². The number of carbonyl (C=O) groups is 1. The summed E-state index contributed by atoms with van der Waals surface area (Å²) in [4.78, 5) is 13.8. The lowest BCUT2D eigenvalue weighted by molar-refractivity contribution is -0.118. The molecule has 98 valence electrons. The molecule has 3 heteroatoms. The van der Waals surface area contributed by atoms with Gasteiger partial charge in [-0.3, -0.25) is 4.79 Å². The topological polar surface area (TPSA) is 46.3 Å². The second-order valence-electron chi connectivity index (χ2n) is 4.53. The fourth-order valence-corrected chi connectivity index (χ4v) is 1.94. The molecule has 0 unspecified atom stereocenters. The van der Waals surface area contributed by atoms with Gasteiger partial charge in [-0.25, -0.2) is 0 Å². The molecule has 0 atom stereocenters. The zero-order chi connectivity index (χ0) is 13.7. The number of amides is 1. The first-order chi connectivity index (χ1) is 9.16. The van der Waals surface area contributed by atoms with Crippen LogP contribution in [0.25, 0.3) is 0 Å². The van der Waals surface area contributed by atoms with Crippen molar-refractivity contribution in [1.29, 1.82) is 0 Å². The summed E-state index contributed by atoms with van der Waals surface area (Å²) in [6, 6.07) is 17.4. The highest BCUT2D eigenvalue weighted by molar-refractivity contribution is 5.93. The number of nitrogen functional groups attached to an aromatic ring is 1. The van der Waals surface area contributed by atoms with E-state index in [2.05, 4.69) is 0 Å². The number of hydrogen-bond donors (Lipinski definition) is 1. The predicted molar refractivity (Wildman–Crippen MR) is 79.0 cm³/mol. The highest BCUT2D eigenvalue weighted by Crippen LogP contribution is 2.17. The summed E-state index contributed by atoms with van der Waals surface area (Å²) < 4.78 is 0. The predicted octanol–water partition coefficient (Wildman–Crippen LogP) is 2.86. The van der Waals surface area contributed by atoms with Crippen LogP contribution < -0.4 is 10.6 Å². The summed E-state index contributed by atoms with van der Waals surface area (Å²) in [5, 5.41) is 0. The van der Waals surface area contributed by atoms with Gasteiger partial charge in [0.1, 0.15) is 0 Å². The van der Waals surface area contributed by atoms with Crippen molar-refractivity contribution in [2.24, 2.45) is 0 Å². The molecular formula is C16H18N2O. The highest BCUT2D eigenvalue weighted by atomic mass is 16.2. The maximum atomic E-state index is 12.1. The van der Waals surface area contributed by atoms with E-state index in [1.807, 2.05) is 48.5 Å². The van der Waals surface area contributed by atoms with E-state index in [-0.39, 0.29) is 5.91 Å². The zero-order valence-corrected chi connectivity index (χ0v) is 11.0. The summed E-state index contributed by atoms with van der Waals surface area (Å²) in [6.45, 7) is 0. The molecule has 0 saturated carbocycles. The number of rotatable bonds is 4. The summed E-state index contributed by atoms with van der Waals surface area (Å²) in [6.07, 6.45) is 1.25. The maximum Gasteiger partial charge on any atom is 0.227 e. The molecule has 0 bridgehead atoms. The quantitative estimate of drug-likeness (QED) is 0.853. The minimum atomic E-state index is 0.0921. The number of hydrogen-bond acceptors (Lipinski definition) is 2. The van der Waals surface area contributed by atoms with Gasteiger partial charge in [0.25, 0.3) is 0 Å². The first-order valence-electron chi connectivity index (χ1n) is 6.33. The molecular weight excluding hydrogens is 236 g/mol. The molecule has 19 heavy (non-hydrogen) atoms. The number of nitrogens with two attached hydrogens (primary N) is 1. The van der Waals surface area contributed by atoms with E-state index in [4.69, 9.17) is 5.73 Å². The Morgan fingerprint density at radius 3 is 2.53 bits per heavy atom. The first kappa shape index (κ1) is 13.1. The molecule has 1 amide bonds. The van der Waals surface area contributed by atoms with Gasteiger partial charge >= 0.3 is 0 Å². The van der Waals surface area contributed by atoms with Crippen molar-refractivity contribution in [3.63, 3.8) is 0 Å². The molecule has 0 radical (unpaired) electrons. The van der Waals surface area contributed by atoms with Gasteiger partial charge in [-0.05, 0) is 30.2 Å². The van der Waals surface area contributed by atoms with E-state index >= 15 is 0 Å². The van der Waals surface area contributed by atoms with Crippen molar-refractivity contribution in [3.05, 3.63) is 60.2 Å². The molecule has 2 N–H and O–H groups in total. The van der Waals surface area contributed by atoms with Crippen LogP contribution in [0.3, 0.4) is 0 Å². The van der Waals surface area contributed by atoms with Crippen molar-refractivity contribution in [3.8, 4) is 0 Å². The van der Waals surface area contributed by atoms with E-state index in [0.717, 1.165) is 12.1 Å². The van der Waals surface area contributed by atoms with Crippen molar-refractivity contribution in [1.82, 2.24) is 0 Å². The van der Waals surface area contributed by atoms with Gasteiger partial charge in [-0.1, -0.05) is 36.4 Å². The molecule has 0 heterocycles. The SMILES string of the molecule is CN(C(=O)CCc1ccccc1)c1cccc(N)c1. The lowest BCUT2D eigenvalue weighted by Gasteiger charge is -2.17. The lowest BCUT2D eigenvalue weighted by atomic mass is 10.1. The molecule has 0 aromatic heterocycles. The summed E-state index contributed by atoms with van der Waals surface area (Å²) in [5.74, 6) is 0.0921. The number of aryl methyl sites for hydroxylation is 1. The van der Waals surface area contributed by atoms with Crippen molar-refractivity contribution < 1.29 is 4.79 Å². The fraction of sp³-hybridized carbons (Fsp3) is 0.188. The van der Waals surface area contributed by atoms with Gasteiger partial charge in [0.2, 0.25) is 5.91 Å².